The average Bonchev–Trinajstić information content (AvgIpc) is 3.12. The van der Waals surface area contributed by atoms with Crippen LogP contribution in [0.5, 0.6) is 0 Å². The quantitative estimate of drug-likeness (QED) is 0.453. The van der Waals surface area contributed by atoms with Gasteiger partial charge >= 0.3 is 0 Å². The predicted octanol–water partition coefficient (Wildman–Crippen LogP) is 3.03. The molecule has 0 saturated carbocycles. The summed E-state index contributed by atoms with van der Waals surface area (Å²) < 4.78 is 1.70. The van der Waals surface area contributed by atoms with E-state index in [2.05, 4.69) is 22.1 Å². The van der Waals surface area contributed by atoms with Crippen LogP contribution in [0, 0.1) is 0 Å². The van der Waals surface area contributed by atoms with Crippen molar-refractivity contribution in [1.29, 1.82) is 0 Å². The molecule has 7 heteroatoms. The number of hydrogen-bond donors (Lipinski definition) is 0. The highest BCUT2D eigenvalue weighted by molar-refractivity contribution is 7.99. The number of nitrogens with zero attached hydrogens (tertiary/aromatic N) is 5. The summed E-state index contributed by atoms with van der Waals surface area (Å²) in [5.41, 5.74) is 1.95. The largest absolute Gasteiger partial charge is 0.308 e. The zero-order valence-corrected chi connectivity index (χ0v) is 15.0. The number of para-hydroxylation sites is 1. The number of benzene rings is 2. The van der Waals surface area contributed by atoms with Crippen LogP contribution in [0.15, 0.2) is 78.5 Å². The fourth-order valence-electron chi connectivity index (χ4n) is 2.45. The Morgan fingerprint density at radius 2 is 1.81 bits per heavy atom. The van der Waals surface area contributed by atoms with Gasteiger partial charge in [0.25, 0.3) is 0 Å². The van der Waals surface area contributed by atoms with E-state index in [4.69, 9.17) is 0 Å². The molecule has 0 N–H and O–H groups in total. The normalized spacial score (nSPS) is 10.5. The number of carbonyl (C=O) groups excluding carboxylic acids is 1. The Labute approximate surface area is 156 Å². The standard InChI is InChI=1S/C19H19N5OS/c1-2-13-23(17-11-7-4-8-12-17)18(25)15-26-19-20-21-22-24(19)14-16-9-5-3-6-10-16/h2-12H,1,13-15H2. The van der Waals surface area contributed by atoms with Gasteiger partial charge in [0.15, 0.2) is 0 Å². The van der Waals surface area contributed by atoms with Crippen molar-refractivity contribution in [2.45, 2.75) is 11.7 Å². The van der Waals surface area contributed by atoms with Crippen LogP contribution in [-0.2, 0) is 11.3 Å². The number of hydrogen-bond acceptors (Lipinski definition) is 5. The van der Waals surface area contributed by atoms with Crippen LogP contribution >= 0.6 is 11.8 Å². The van der Waals surface area contributed by atoms with Crippen molar-refractivity contribution in [2.75, 3.05) is 17.2 Å². The summed E-state index contributed by atoms with van der Waals surface area (Å²) in [7, 11) is 0. The molecule has 1 heterocycles. The highest BCUT2D eigenvalue weighted by atomic mass is 32.2. The summed E-state index contributed by atoms with van der Waals surface area (Å²) in [6.45, 7) is 4.77. The third-order valence-corrected chi connectivity index (χ3v) is 4.62. The molecule has 3 rings (SSSR count). The number of amides is 1. The second-order valence-corrected chi connectivity index (χ2v) is 6.46. The molecule has 1 aromatic heterocycles. The molecule has 0 atom stereocenters. The lowest BCUT2D eigenvalue weighted by atomic mass is 10.2. The number of aromatic nitrogens is 4. The first-order valence-electron chi connectivity index (χ1n) is 8.17. The zero-order valence-electron chi connectivity index (χ0n) is 14.2. The van der Waals surface area contributed by atoms with E-state index in [0.29, 0.717) is 18.2 Å². The Morgan fingerprint density at radius 1 is 1.12 bits per heavy atom. The summed E-state index contributed by atoms with van der Waals surface area (Å²) in [5.74, 6) is 0.230. The smallest absolute Gasteiger partial charge is 0.237 e. The van der Waals surface area contributed by atoms with E-state index >= 15 is 0 Å². The molecule has 0 saturated heterocycles. The van der Waals surface area contributed by atoms with Gasteiger partial charge in [-0.1, -0.05) is 66.4 Å². The third kappa shape index (κ3) is 4.58. The molecule has 0 unspecified atom stereocenters. The van der Waals surface area contributed by atoms with E-state index in [1.165, 1.54) is 11.8 Å². The Balaban J connectivity index is 1.66. The lowest BCUT2D eigenvalue weighted by Gasteiger charge is -2.20. The van der Waals surface area contributed by atoms with E-state index < -0.39 is 0 Å². The maximum Gasteiger partial charge on any atom is 0.237 e. The number of tetrazole rings is 1. The summed E-state index contributed by atoms with van der Waals surface area (Å²) in [6.07, 6.45) is 1.72. The van der Waals surface area contributed by atoms with Crippen molar-refractivity contribution in [3.8, 4) is 0 Å². The minimum Gasteiger partial charge on any atom is -0.308 e. The van der Waals surface area contributed by atoms with Crippen LogP contribution in [-0.4, -0.2) is 38.4 Å². The van der Waals surface area contributed by atoms with Crippen molar-refractivity contribution >= 4 is 23.4 Å². The van der Waals surface area contributed by atoms with E-state index in [1.807, 2.05) is 60.7 Å². The van der Waals surface area contributed by atoms with Gasteiger partial charge in [-0.15, -0.1) is 11.7 Å². The van der Waals surface area contributed by atoms with Gasteiger partial charge < -0.3 is 4.90 Å². The second kappa shape index (κ2) is 8.96. The maximum absolute atomic E-state index is 12.7. The van der Waals surface area contributed by atoms with Crippen LogP contribution in [0.4, 0.5) is 5.69 Å². The van der Waals surface area contributed by atoms with E-state index in [0.717, 1.165) is 11.3 Å². The maximum atomic E-state index is 12.7. The molecule has 0 fully saturated rings. The van der Waals surface area contributed by atoms with Crippen LogP contribution in [0.2, 0.25) is 0 Å². The Hall–Kier alpha value is -2.93. The van der Waals surface area contributed by atoms with E-state index in [-0.39, 0.29) is 11.7 Å². The number of carbonyl (C=O) groups is 1. The molecule has 0 aliphatic carbocycles. The Kier molecular flexibility index (Phi) is 6.16. The van der Waals surface area contributed by atoms with Crippen molar-refractivity contribution in [1.82, 2.24) is 20.2 Å². The first-order chi connectivity index (χ1) is 12.8. The van der Waals surface area contributed by atoms with Crippen molar-refractivity contribution in [3.05, 3.63) is 78.9 Å². The highest BCUT2D eigenvalue weighted by Crippen LogP contribution is 2.19. The molecule has 0 spiro atoms. The number of rotatable bonds is 8. The summed E-state index contributed by atoms with van der Waals surface area (Å²) in [4.78, 5) is 14.4. The topological polar surface area (TPSA) is 63.9 Å². The average molecular weight is 365 g/mol. The third-order valence-electron chi connectivity index (χ3n) is 3.68. The van der Waals surface area contributed by atoms with E-state index in [1.54, 1.807) is 15.7 Å². The van der Waals surface area contributed by atoms with Crippen molar-refractivity contribution in [3.63, 3.8) is 0 Å². The van der Waals surface area contributed by atoms with E-state index in [9.17, 15) is 4.79 Å². The van der Waals surface area contributed by atoms with Gasteiger partial charge in [0.1, 0.15) is 0 Å². The summed E-state index contributed by atoms with van der Waals surface area (Å²) in [6, 6.07) is 19.5. The number of anilines is 1. The molecular weight excluding hydrogens is 346 g/mol. The first kappa shape index (κ1) is 17.9. The van der Waals surface area contributed by atoms with Crippen LogP contribution in [0.1, 0.15) is 5.56 Å². The molecule has 0 radical (unpaired) electrons. The monoisotopic (exact) mass is 365 g/mol. The SMILES string of the molecule is C=CCN(C(=O)CSc1nnnn1Cc1ccccc1)c1ccccc1. The molecule has 2 aromatic carbocycles. The van der Waals surface area contributed by atoms with Gasteiger partial charge in [0, 0.05) is 12.2 Å². The van der Waals surface area contributed by atoms with Crippen LogP contribution in [0.25, 0.3) is 0 Å². The Morgan fingerprint density at radius 3 is 2.50 bits per heavy atom. The van der Waals surface area contributed by atoms with Crippen LogP contribution in [0.3, 0.4) is 0 Å². The highest BCUT2D eigenvalue weighted by Gasteiger charge is 2.16. The lowest BCUT2D eigenvalue weighted by Crippen LogP contribution is -2.32. The van der Waals surface area contributed by atoms with Gasteiger partial charge in [0.05, 0.1) is 12.3 Å². The predicted molar refractivity (Wildman–Crippen MR) is 103 cm³/mol. The summed E-state index contributed by atoms with van der Waals surface area (Å²) >= 11 is 1.33. The van der Waals surface area contributed by atoms with Gasteiger partial charge in [-0.05, 0) is 28.1 Å². The van der Waals surface area contributed by atoms with Crippen molar-refractivity contribution < 1.29 is 4.79 Å². The summed E-state index contributed by atoms with van der Waals surface area (Å²) in [5, 5.41) is 12.4. The van der Waals surface area contributed by atoms with Crippen molar-refractivity contribution in [2.24, 2.45) is 0 Å². The van der Waals surface area contributed by atoms with Gasteiger partial charge in [-0.2, -0.15) is 0 Å². The molecule has 132 valence electrons. The molecule has 0 bridgehead atoms. The minimum atomic E-state index is -0.0182. The molecule has 3 aromatic rings. The van der Waals surface area contributed by atoms with Crippen LogP contribution < -0.4 is 4.90 Å². The van der Waals surface area contributed by atoms with Gasteiger partial charge in [-0.25, -0.2) is 4.68 Å². The molecule has 1 amide bonds. The molecule has 0 aliphatic rings. The second-order valence-electron chi connectivity index (χ2n) is 5.52. The minimum absolute atomic E-state index is 0.0182. The molecule has 6 nitrogen and oxygen atoms in total. The molecule has 0 aliphatic heterocycles. The Bertz CT molecular complexity index is 851. The lowest BCUT2D eigenvalue weighted by molar-refractivity contribution is -0.116. The number of thioether (sulfide) groups is 1. The first-order valence-corrected chi connectivity index (χ1v) is 9.15. The van der Waals surface area contributed by atoms with Gasteiger partial charge in [0.2, 0.25) is 11.1 Å². The zero-order chi connectivity index (χ0) is 18.2. The fourth-order valence-corrected chi connectivity index (χ4v) is 3.20. The van der Waals surface area contributed by atoms with Gasteiger partial charge in [-0.3, -0.25) is 4.79 Å². The fraction of sp³-hybridized carbons (Fsp3) is 0.158. The molecular formula is C19H19N5OS. The molecule has 26 heavy (non-hydrogen) atoms.